The zero-order valence-electron chi connectivity index (χ0n) is 11.1. The van der Waals surface area contributed by atoms with Crippen molar-refractivity contribution in [3.63, 3.8) is 0 Å². The van der Waals surface area contributed by atoms with Gasteiger partial charge in [0.05, 0.1) is 18.5 Å². The summed E-state index contributed by atoms with van der Waals surface area (Å²) in [4.78, 5) is 23.1. The maximum atomic E-state index is 12.0. The van der Waals surface area contributed by atoms with Gasteiger partial charge in [0.1, 0.15) is 0 Å². The number of H-pyrrole nitrogens is 1. The molecule has 1 aromatic carbocycles. The number of amides is 1. The maximum absolute atomic E-state index is 12.0. The molecule has 1 aromatic heterocycles. The van der Waals surface area contributed by atoms with E-state index in [0.717, 1.165) is 5.52 Å². The molecular weight excluding hydrogens is 260 g/mol. The minimum absolute atomic E-state index is 0.129. The normalized spacial score (nSPS) is 10.4. The molecule has 0 spiro atoms. The summed E-state index contributed by atoms with van der Waals surface area (Å²) in [5.74, 6) is -0.699. The van der Waals surface area contributed by atoms with Crippen LogP contribution in [0, 0.1) is 0 Å². The number of ether oxygens (including phenoxy) is 1. The third kappa shape index (κ3) is 3.05. The van der Waals surface area contributed by atoms with E-state index in [1.54, 1.807) is 25.1 Å². The fraction of sp³-hybridized carbons (Fsp3) is 0.308. The van der Waals surface area contributed by atoms with Crippen molar-refractivity contribution >= 4 is 28.5 Å². The summed E-state index contributed by atoms with van der Waals surface area (Å²) in [6, 6.07) is 5.16. The molecule has 1 heterocycles. The van der Waals surface area contributed by atoms with Crippen LogP contribution < -0.4 is 11.1 Å². The molecule has 20 heavy (non-hydrogen) atoms. The van der Waals surface area contributed by atoms with Crippen LogP contribution in [-0.4, -0.2) is 35.2 Å². The molecule has 4 N–H and O–H groups in total. The molecule has 0 radical (unpaired) electrons. The molecule has 0 saturated carbocycles. The van der Waals surface area contributed by atoms with Crippen molar-refractivity contribution in [2.24, 2.45) is 0 Å². The van der Waals surface area contributed by atoms with Crippen molar-refractivity contribution in [1.82, 2.24) is 15.5 Å². The maximum Gasteiger partial charge on any atom is 0.307 e. The van der Waals surface area contributed by atoms with Crippen LogP contribution in [0.4, 0.5) is 5.69 Å². The topological polar surface area (TPSA) is 110 Å². The summed E-state index contributed by atoms with van der Waals surface area (Å²) in [6.07, 6.45) is 0.129. The van der Waals surface area contributed by atoms with E-state index in [9.17, 15) is 9.59 Å². The first-order valence-corrected chi connectivity index (χ1v) is 6.29. The standard InChI is InChI=1S/C13H16N4O3/c1-2-20-11(18)5-6-15-13(19)12-9-7-8(14)3-4-10(9)16-17-12/h3-4,7H,2,5-6,14H2,1H3,(H,15,19)(H,16,17). The molecule has 0 fully saturated rings. The Labute approximate surface area is 115 Å². The molecular formula is C13H16N4O3. The first kappa shape index (κ1) is 13.9. The van der Waals surface area contributed by atoms with Crippen LogP contribution in [0.25, 0.3) is 10.9 Å². The lowest BCUT2D eigenvalue weighted by atomic mass is 10.2. The van der Waals surface area contributed by atoms with Crippen LogP contribution in [0.2, 0.25) is 0 Å². The van der Waals surface area contributed by atoms with Gasteiger partial charge in [0.25, 0.3) is 5.91 Å². The highest BCUT2D eigenvalue weighted by molar-refractivity contribution is 6.05. The van der Waals surface area contributed by atoms with Gasteiger partial charge in [0, 0.05) is 17.6 Å². The number of nitrogens with two attached hydrogens (primary N) is 1. The van der Waals surface area contributed by atoms with Gasteiger partial charge >= 0.3 is 5.97 Å². The number of anilines is 1. The summed E-state index contributed by atoms with van der Waals surface area (Å²) in [5.41, 5.74) is 7.24. The number of carbonyl (C=O) groups is 2. The Kier molecular flexibility index (Phi) is 4.19. The molecule has 0 aliphatic carbocycles. The van der Waals surface area contributed by atoms with Crippen LogP contribution >= 0.6 is 0 Å². The monoisotopic (exact) mass is 276 g/mol. The van der Waals surface area contributed by atoms with E-state index in [-0.39, 0.29) is 30.5 Å². The Morgan fingerprint density at radius 3 is 3.00 bits per heavy atom. The van der Waals surface area contributed by atoms with Gasteiger partial charge in [0.2, 0.25) is 0 Å². The van der Waals surface area contributed by atoms with Crippen LogP contribution in [0.1, 0.15) is 23.8 Å². The molecule has 7 nitrogen and oxygen atoms in total. The number of nitrogens with zero attached hydrogens (tertiary/aromatic N) is 1. The van der Waals surface area contributed by atoms with Crippen molar-refractivity contribution in [3.05, 3.63) is 23.9 Å². The SMILES string of the molecule is CCOC(=O)CCNC(=O)c1n[nH]c2ccc(N)cc12. The van der Waals surface area contributed by atoms with Crippen molar-refractivity contribution in [2.45, 2.75) is 13.3 Å². The van der Waals surface area contributed by atoms with Crippen molar-refractivity contribution in [2.75, 3.05) is 18.9 Å². The fourth-order valence-electron chi connectivity index (χ4n) is 1.80. The van der Waals surface area contributed by atoms with Gasteiger partial charge in [-0.3, -0.25) is 14.7 Å². The lowest BCUT2D eigenvalue weighted by Crippen LogP contribution is -2.27. The largest absolute Gasteiger partial charge is 0.466 e. The molecule has 0 aliphatic heterocycles. The molecule has 0 bridgehead atoms. The average Bonchev–Trinajstić information content (AvgIpc) is 2.81. The highest BCUT2D eigenvalue weighted by Crippen LogP contribution is 2.18. The molecule has 0 unspecified atom stereocenters. The first-order valence-electron chi connectivity index (χ1n) is 6.29. The Bertz CT molecular complexity index is 636. The highest BCUT2D eigenvalue weighted by atomic mass is 16.5. The quantitative estimate of drug-likeness (QED) is 0.553. The lowest BCUT2D eigenvalue weighted by Gasteiger charge is -2.03. The van der Waals surface area contributed by atoms with E-state index in [1.807, 2.05) is 0 Å². The minimum atomic E-state index is -0.355. The van der Waals surface area contributed by atoms with Crippen molar-refractivity contribution < 1.29 is 14.3 Å². The van der Waals surface area contributed by atoms with E-state index < -0.39 is 0 Å². The number of fused-ring (bicyclic) bond motifs is 1. The number of rotatable bonds is 5. The Morgan fingerprint density at radius 2 is 2.25 bits per heavy atom. The smallest absolute Gasteiger partial charge is 0.307 e. The van der Waals surface area contributed by atoms with Gasteiger partial charge in [-0.25, -0.2) is 0 Å². The van der Waals surface area contributed by atoms with Crippen molar-refractivity contribution in [1.29, 1.82) is 0 Å². The van der Waals surface area contributed by atoms with E-state index in [2.05, 4.69) is 15.5 Å². The van der Waals surface area contributed by atoms with E-state index in [4.69, 9.17) is 10.5 Å². The number of esters is 1. The number of nitrogen functional groups attached to an aromatic ring is 1. The third-order valence-corrected chi connectivity index (χ3v) is 2.72. The zero-order valence-corrected chi connectivity index (χ0v) is 11.1. The van der Waals surface area contributed by atoms with Gasteiger partial charge in [0.15, 0.2) is 5.69 Å². The molecule has 106 valence electrons. The van der Waals surface area contributed by atoms with E-state index in [1.165, 1.54) is 0 Å². The summed E-state index contributed by atoms with van der Waals surface area (Å²) < 4.78 is 4.77. The van der Waals surface area contributed by atoms with Gasteiger partial charge in [-0.1, -0.05) is 0 Å². The average molecular weight is 276 g/mol. The van der Waals surface area contributed by atoms with Gasteiger partial charge in [-0.2, -0.15) is 5.10 Å². The van der Waals surface area contributed by atoms with Gasteiger partial charge in [-0.15, -0.1) is 0 Å². The molecule has 0 saturated heterocycles. The highest BCUT2D eigenvalue weighted by Gasteiger charge is 2.14. The number of carbonyl (C=O) groups excluding carboxylic acids is 2. The Balaban J connectivity index is 2.01. The second-order valence-electron chi connectivity index (χ2n) is 4.19. The first-order chi connectivity index (χ1) is 9.61. The van der Waals surface area contributed by atoms with Crippen molar-refractivity contribution in [3.8, 4) is 0 Å². The summed E-state index contributed by atoms with van der Waals surface area (Å²) >= 11 is 0. The third-order valence-electron chi connectivity index (χ3n) is 2.72. The molecule has 2 aromatic rings. The van der Waals surface area contributed by atoms with Gasteiger partial charge < -0.3 is 15.8 Å². The number of nitrogens with one attached hydrogen (secondary N) is 2. The summed E-state index contributed by atoms with van der Waals surface area (Å²) in [7, 11) is 0. The molecule has 0 atom stereocenters. The molecule has 2 rings (SSSR count). The molecule has 1 amide bonds. The molecule has 0 aliphatic rings. The predicted molar refractivity (Wildman–Crippen MR) is 74.1 cm³/mol. The van der Waals surface area contributed by atoms with Gasteiger partial charge in [-0.05, 0) is 25.1 Å². The Hall–Kier alpha value is -2.57. The second-order valence-corrected chi connectivity index (χ2v) is 4.19. The number of aromatic amines is 1. The Morgan fingerprint density at radius 1 is 1.45 bits per heavy atom. The summed E-state index contributed by atoms with van der Waals surface area (Å²) in [6.45, 7) is 2.27. The van der Waals surface area contributed by atoms with Crippen LogP contribution in [-0.2, 0) is 9.53 Å². The zero-order chi connectivity index (χ0) is 14.5. The number of benzene rings is 1. The molecule has 7 heteroatoms. The second kappa shape index (κ2) is 6.05. The predicted octanol–water partition coefficient (Wildman–Crippen LogP) is 0.828. The summed E-state index contributed by atoms with van der Waals surface area (Å²) in [5, 5.41) is 9.99. The van der Waals surface area contributed by atoms with Crippen LogP contribution in [0.5, 0.6) is 0 Å². The van der Waals surface area contributed by atoms with Crippen LogP contribution in [0.15, 0.2) is 18.2 Å². The fourth-order valence-corrected chi connectivity index (χ4v) is 1.80. The number of aromatic nitrogens is 2. The van der Waals surface area contributed by atoms with Crippen LogP contribution in [0.3, 0.4) is 0 Å². The minimum Gasteiger partial charge on any atom is -0.466 e. The van der Waals surface area contributed by atoms with E-state index in [0.29, 0.717) is 17.7 Å². The lowest BCUT2D eigenvalue weighted by molar-refractivity contribution is -0.142. The number of hydrogen-bond donors (Lipinski definition) is 3. The van der Waals surface area contributed by atoms with E-state index >= 15 is 0 Å². The number of hydrogen-bond acceptors (Lipinski definition) is 5.